The summed E-state index contributed by atoms with van der Waals surface area (Å²) in [5, 5.41) is 6.76. The minimum Gasteiger partial charge on any atom is -0.490 e. The van der Waals surface area contributed by atoms with Gasteiger partial charge in [-0.2, -0.15) is 0 Å². The molecule has 0 spiro atoms. The van der Waals surface area contributed by atoms with E-state index in [2.05, 4.69) is 78.9 Å². The molecule has 2 N–H and O–H groups in total. The van der Waals surface area contributed by atoms with E-state index in [1.165, 1.54) is 16.7 Å². The standard InChI is InChI=1S/C26H36N4O2/c1-5-20(3)32-24-15-19(2)8-13-23(24)17-29-26(27-4)28-16-21-9-11-22(12-10-21)18-30-14-6-7-25(30)31/h8-13,15,20H,5-7,14,16-18H2,1-4H3,(H2,27,28,29). The van der Waals surface area contributed by atoms with Crippen LogP contribution in [-0.2, 0) is 24.4 Å². The molecule has 1 amide bonds. The van der Waals surface area contributed by atoms with Crippen molar-refractivity contribution in [3.05, 3.63) is 64.7 Å². The highest BCUT2D eigenvalue weighted by Gasteiger charge is 2.19. The van der Waals surface area contributed by atoms with E-state index in [0.29, 0.717) is 26.1 Å². The van der Waals surface area contributed by atoms with Crippen LogP contribution in [0.15, 0.2) is 47.5 Å². The Labute approximate surface area is 192 Å². The fourth-order valence-corrected chi connectivity index (χ4v) is 3.66. The van der Waals surface area contributed by atoms with E-state index in [1.54, 1.807) is 7.05 Å². The van der Waals surface area contributed by atoms with Crippen LogP contribution in [0.3, 0.4) is 0 Å². The number of hydrogen-bond acceptors (Lipinski definition) is 3. The normalized spacial score (nSPS) is 15.1. The number of ether oxygens (including phenoxy) is 1. The molecule has 1 unspecified atom stereocenters. The highest BCUT2D eigenvalue weighted by atomic mass is 16.5. The molecule has 32 heavy (non-hydrogen) atoms. The highest BCUT2D eigenvalue weighted by Crippen LogP contribution is 2.22. The molecule has 0 aliphatic carbocycles. The minimum atomic E-state index is 0.180. The zero-order chi connectivity index (χ0) is 22.9. The molecule has 1 aliphatic heterocycles. The molecule has 0 bridgehead atoms. The lowest BCUT2D eigenvalue weighted by molar-refractivity contribution is -0.128. The van der Waals surface area contributed by atoms with E-state index in [4.69, 9.17) is 4.74 Å². The smallest absolute Gasteiger partial charge is 0.222 e. The summed E-state index contributed by atoms with van der Waals surface area (Å²) in [5.74, 6) is 1.93. The number of nitrogens with zero attached hydrogens (tertiary/aromatic N) is 2. The minimum absolute atomic E-state index is 0.180. The summed E-state index contributed by atoms with van der Waals surface area (Å²) in [7, 11) is 1.78. The number of carbonyl (C=O) groups is 1. The summed E-state index contributed by atoms with van der Waals surface area (Å²) in [6.07, 6.45) is 2.81. The van der Waals surface area contributed by atoms with Gasteiger partial charge in [0, 0.05) is 45.2 Å². The van der Waals surface area contributed by atoms with Gasteiger partial charge in [-0.25, -0.2) is 0 Å². The predicted molar refractivity (Wildman–Crippen MR) is 130 cm³/mol. The van der Waals surface area contributed by atoms with E-state index in [9.17, 15) is 4.79 Å². The van der Waals surface area contributed by atoms with Gasteiger partial charge in [0.15, 0.2) is 5.96 Å². The molecule has 6 nitrogen and oxygen atoms in total. The third kappa shape index (κ3) is 6.74. The highest BCUT2D eigenvalue weighted by molar-refractivity contribution is 5.79. The lowest BCUT2D eigenvalue weighted by Gasteiger charge is -2.18. The molecular formula is C26H36N4O2. The summed E-state index contributed by atoms with van der Waals surface area (Å²) in [6, 6.07) is 14.7. The zero-order valence-corrected chi connectivity index (χ0v) is 19.8. The number of rotatable bonds is 9. The van der Waals surface area contributed by atoms with Gasteiger partial charge in [-0.05, 0) is 49.4 Å². The van der Waals surface area contributed by atoms with Gasteiger partial charge < -0.3 is 20.3 Å². The van der Waals surface area contributed by atoms with Gasteiger partial charge in [0.1, 0.15) is 5.75 Å². The molecule has 6 heteroatoms. The van der Waals surface area contributed by atoms with Gasteiger partial charge in [0.2, 0.25) is 5.91 Å². The van der Waals surface area contributed by atoms with Gasteiger partial charge in [0.25, 0.3) is 0 Å². The first kappa shape index (κ1) is 23.6. The first-order chi connectivity index (χ1) is 15.5. The van der Waals surface area contributed by atoms with Gasteiger partial charge in [-0.1, -0.05) is 43.3 Å². The monoisotopic (exact) mass is 436 g/mol. The summed E-state index contributed by atoms with van der Waals surface area (Å²) in [4.78, 5) is 18.1. The van der Waals surface area contributed by atoms with Crippen molar-refractivity contribution < 1.29 is 9.53 Å². The van der Waals surface area contributed by atoms with Crippen LogP contribution < -0.4 is 15.4 Å². The molecule has 0 aromatic heterocycles. The number of aryl methyl sites for hydroxylation is 1. The molecule has 1 heterocycles. The Morgan fingerprint density at radius 1 is 1.12 bits per heavy atom. The lowest BCUT2D eigenvalue weighted by atomic mass is 10.1. The first-order valence-corrected chi connectivity index (χ1v) is 11.5. The summed E-state index contributed by atoms with van der Waals surface area (Å²) < 4.78 is 6.11. The SMILES string of the molecule is CCC(C)Oc1cc(C)ccc1CNC(=NC)NCc1ccc(CN2CCCC2=O)cc1. The quantitative estimate of drug-likeness (QED) is 0.458. The third-order valence-corrected chi connectivity index (χ3v) is 5.82. The van der Waals surface area contributed by atoms with E-state index in [1.807, 2.05) is 4.90 Å². The van der Waals surface area contributed by atoms with Gasteiger partial charge in [-0.3, -0.25) is 9.79 Å². The number of aliphatic imine (C=N–C) groups is 1. The molecule has 2 aromatic carbocycles. The Bertz CT molecular complexity index is 924. The molecule has 1 fully saturated rings. The summed E-state index contributed by atoms with van der Waals surface area (Å²) in [6.45, 7) is 9.18. The van der Waals surface area contributed by atoms with Crippen molar-refractivity contribution in [2.75, 3.05) is 13.6 Å². The predicted octanol–water partition coefficient (Wildman–Crippen LogP) is 4.16. The van der Waals surface area contributed by atoms with Crippen molar-refractivity contribution in [2.24, 2.45) is 4.99 Å². The Hall–Kier alpha value is -3.02. The number of carbonyl (C=O) groups excluding carboxylic acids is 1. The molecule has 0 saturated carbocycles. The van der Waals surface area contributed by atoms with Gasteiger partial charge in [0.05, 0.1) is 6.10 Å². The topological polar surface area (TPSA) is 66.0 Å². The van der Waals surface area contributed by atoms with Gasteiger partial charge in [-0.15, -0.1) is 0 Å². The number of nitrogens with one attached hydrogen (secondary N) is 2. The van der Waals surface area contributed by atoms with Crippen LogP contribution >= 0.6 is 0 Å². The second kappa shape index (κ2) is 11.6. The lowest BCUT2D eigenvalue weighted by Crippen LogP contribution is -2.36. The second-order valence-corrected chi connectivity index (χ2v) is 8.46. The van der Waals surface area contributed by atoms with E-state index >= 15 is 0 Å². The molecule has 0 radical (unpaired) electrons. The van der Waals surface area contributed by atoms with Crippen LogP contribution in [0, 0.1) is 6.92 Å². The second-order valence-electron chi connectivity index (χ2n) is 8.46. The van der Waals surface area contributed by atoms with E-state index in [0.717, 1.165) is 36.7 Å². The Kier molecular flexibility index (Phi) is 8.54. The van der Waals surface area contributed by atoms with Crippen molar-refractivity contribution in [3.63, 3.8) is 0 Å². The van der Waals surface area contributed by atoms with Crippen molar-refractivity contribution in [1.82, 2.24) is 15.5 Å². The number of likely N-dealkylation sites (tertiary alicyclic amines) is 1. The van der Waals surface area contributed by atoms with Crippen LogP contribution in [0.5, 0.6) is 5.75 Å². The number of guanidine groups is 1. The summed E-state index contributed by atoms with van der Waals surface area (Å²) in [5.41, 5.74) is 4.63. The maximum Gasteiger partial charge on any atom is 0.222 e. The first-order valence-electron chi connectivity index (χ1n) is 11.5. The fraction of sp³-hybridized carbons (Fsp3) is 0.462. The molecule has 2 aromatic rings. The molecule has 1 aliphatic rings. The van der Waals surface area contributed by atoms with Crippen molar-refractivity contribution >= 4 is 11.9 Å². The maximum atomic E-state index is 11.8. The number of benzene rings is 2. The fourth-order valence-electron chi connectivity index (χ4n) is 3.66. The van der Waals surface area contributed by atoms with Crippen LogP contribution in [0.25, 0.3) is 0 Å². The number of amides is 1. The van der Waals surface area contributed by atoms with Crippen molar-refractivity contribution in [3.8, 4) is 5.75 Å². The summed E-state index contributed by atoms with van der Waals surface area (Å²) >= 11 is 0. The molecule has 1 saturated heterocycles. The largest absolute Gasteiger partial charge is 0.490 e. The van der Waals surface area contributed by atoms with Crippen LogP contribution in [0.4, 0.5) is 0 Å². The Morgan fingerprint density at radius 3 is 2.50 bits per heavy atom. The zero-order valence-electron chi connectivity index (χ0n) is 19.8. The average Bonchev–Trinajstić information content (AvgIpc) is 3.20. The molecular weight excluding hydrogens is 400 g/mol. The van der Waals surface area contributed by atoms with E-state index < -0.39 is 0 Å². The molecule has 172 valence electrons. The third-order valence-electron chi connectivity index (χ3n) is 5.82. The van der Waals surface area contributed by atoms with Crippen LogP contribution in [0.1, 0.15) is 55.4 Å². The Balaban J connectivity index is 1.51. The van der Waals surface area contributed by atoms with Crippen LogP contribution in [-0.4, -0.2) is 36.5 Å². The van der Waals surface area contributed by atoms with Crippen molar-refractivity contribution in [2.45, 2.75) is 65.8 Å². The number of hydrogen-bond donors (Lipinski definition) is 2. The molecule has 3 rings (SSSR count). The van der Waals surface area contributed by atoms with Crippen LogP contribution in [0.2, 0.25) is 0 Å². The average molecular weight is 437 g/mol. The van der Waals surface area contributed by atoms with Gasteiger partial charge >= 0.3 is 0 Å². The van der Waals surface area contributed by atoms with E-state index in [-0.39, 0.29) is 12.0 Å². The van der Waals surface area contributed by atoms with Crippen molar-refractivity contribution in [1.29, 1.82) is 0 Å². The maximum absolute atomic E-state index is 11.8. The Morgan fingerprint density at radius 2 is 1.84 bits per heavy atom. The molecule has 1 atom stereocenters.